The third-order valence-corrected chi connectivity index (χ3v) is 5.11. The molecule has 0 aromatic carbocycles. The van der Waals surface area contributed by atoms with Crippen molar-refractivity contribution in [3.8, 4) is 0 Å². The predicted molar refractivity (Wildman–Crippen MR) is 56.3 cm³/mol. The Labute approximate surface area is 89.9 Å². The van der Waals surface area contributed by atoms with Crippen molar-refractivity contribution in [2.75, 3.05) is 33.1 Å². The molecule has 0 rings (SSSR count). The molecule has 0 N–H and O–H groups in total. The van der Waals surface area contributed by atoms with Crippen molar-refractivity contribution < 1.29 is 13.3 Å². The molecule has 0 bridgehead atoms. The van der Waals surface area contributed by atoms with Crippen LogP contribution in [-0.2, 0) is 13.3 Å². The number of rotatable bonds is 6. The minimum absolute atomic E-state index is 0.300. The van der Waals surface area contributed by atoms with Gasteiger partial charge in [-0.3, -0.25) is 0 Å². The fraction of sp³-hybridized carbons (Fsp3) is 0.714. The van der Waals surface area contributed by atoms with Crippen molar-refractivity contribution in [2.45, 2.75) is 0 Å². The van der Waals surface area contributed by atoms with Gasteiger partial charge < -0.3 is 13.3 Å². The molecule has 3 nitrogen and oxygen atoms in total. The molecule has 0 aliphatic rings. The van der Waals surface area contributed by atoms with Crippen molar-refractivity contribution in [3.63, 3.8) is 0 Å². The van der Waals surface area contributed by atoms with Crippen LogP contribution in [0, 0.1) is 0 Å². The van der Waals surface area contributed by atoms with Crippen molar-refractivity contribution in [1.82, 2.24) is 0 Å². The van der Waals surface area contributed by atoms with Crippen LogP contribution in [-0.4, -0.2) is 41.9 Å². The second-order valence-electron chi connectivity index (χ2n) is 2.19. The summed E-state index contributed by atoms with van der Waals surface area (Å²) in [6, 6.07) is 0. The van der Waals surface area contributed by atoms with E-state index >= 15 is 0 Å². The SMILES string of the molecule is CO[Si](OC)(OC)/C(=C/CCl)CCl. The van der Waals surface area contributed by atoms with E-state index in [1.807, 2.05) is 0 Å². The van der Waals surface area contributed by atoms with Crippen LogP contribution in [0.5, 0.6) is 0 Å². The molecule has 0 aromatic rings. The highest BCUT2D eigenvalue weighted by atomic mass is 35.5. The van der Waals surface area contributed by atoms with Crippen LogP contribution in [0.25, 0.3) is 0 Å². The lowest BCUT2D eigenvalue weighted by molar-refractivity contribution is 0.134. The number of allylic oxidation sites excluding steroid dienone is 2. The summed E-state index contributed by atoms with van der Waals surface area (Å²) in [4.78, 5) is 0. The number of halogens is 2. The van der Waals surface area contributed by atoms with E-state index in [0.717, 1.165) is 5.20 Å². The molecule has 0 aliphatic heterocycles. The molecule has 0 fully saturated rings. The molecule has 0 amide bonds. The van der Waals surface area contributed by atoms with Gasteiger partial charge in [0.15, 0.2) is 0 Å². The molecular weight excluding hydrogens is 231 g/mol. The smallest absolute Gasteiger partial charge is 0.374 e. The predicted octanol–water partition coefficient (Wildman–Crippen LogP) is 1.81. The maximum Gasteiger partial charge on any atom is 0.533 e. The largest absolute Gasteiger partial charge is 0.533 e. The lowest BCUT2D eigenvalue weighted by Gasteiger charge is -2.25. The molecule has 0 radical (unpaired) electrons. The van der Waals surface area contributed by atoms with Gasteiger partial charge in [-0.05, 0) is 0 Å². The summed E-state index contributed by atoms with van der Waals surface area (Å²) in [5.41, 5.74) is 0. The van der Waals surface area contributed by atoms with Gasteiger partial charge >= 0.3 is 8.80 Å². The average Bonchev–Trinajstić information content (AvgIpc) is 2.19. The fourth-order valence-electron chi connectivity index (χ4n) is 0.998. The van der Waals surface area contributed by atoms with Crippen LogP contribution in [0.1, 0.15) is 0 Å². The Kier molecular flexibility index (Phi) is 7.03. The second kappa shape index (κ2) is 6.81. The van der Waals surface area contributed by atoms with Crippen molar-refractivity contribution in [2.24, 2.45) is 0 Å². The molecule has 0 spiro atoms. The van der Waals surface area contributed by atoms with E-state index in [-0.39, 0.29) is 0 Å². The first kappa shape index (κ1) is 13.4. The van der Waals surface area contributed by atoms with E-state index in [1.165, 1.54) is 21.3 Å². The third-order valence-electron chi connectivity index (χ3n) is 1.67. The maximum absolute atomic E-state index is 5.73. The molecule has 78 valence electrons. The number of hydrogen-bond acceptors (Lipinski definition) is 3. The monoisotopic (exact) mass is 244 g/mol. The molecule has 13 heavy (non-hydrogen) atoms. The topological polar surface area (TPSA) is 27.7 Å². The van der Waals surface area contributed by atoms with Crippen molar-refractivity contribution >= 4 is 32.0 Å². The Morgan fingerprint density at radius 1 is 1.15 bits per heavy atom. The van der Waals surface area contributed by atoms with Crippen molar-refractivity contribution in [1.29, 1.82) is 0 Å². The van der Waals surface area contributed by atoms with Crippen LogP contribution in [0.4, 0.5) is 0 Å². The summed E-state index contributed by atoms with van der Waals surface area (Å²) in [7, 11) is 1.88. The Bertz CT molecular complexity index is 163. The molecule has 0 saturated heterocycles. The molecule has 0 aromatic heterocycles. The van der Waals surface area contributed by atoms with Gasteiger partial charge in [-0.25, -0.2) is 0 Å². The van der Waals surface area contributed by atoms with Gasteiger partial charge in [-0.1, -0.05) is 6.08 Å². The zero-order chi connectivity index (χ0) is 10.3. The van der Waals surface area contributed by atoms with Gasteiger partial charge in [0.2, 0.25) is 0 Å². The summed E-state index contributed by atoms with van der Waals surface area (Å²) in [6.45, 7) is 0. The Morgan fingerprint density at radius 2 is 1.62 bits per heavy atom. The molecule has 0 unspecified atom stereocenters. The summed E-state index contributed by atoms with van der Waals surface area (Å²) < 4.78 is 15.7. The van der Waals surface area contributed by atoms with Crippen molar-refractivity contribution in [3.05, 3.63) is 11.3 Å². The van der Waals surface area contributed by atoms with Crippen LogP contribution in [0.3, 0.4) is 0 Å². The lowest BCUT2D eigenvalue weighted by Crippen LogP contribution is -2.46. The van der Waals surface area contributed by atoms with Gasteiger partial charge in [-0.15, -0.1) is 23.2 Å². The normalized spacial score (nSPS) is 13.5. The maximum atomic E-state index is 5.73. The first-order chi connectivity index (χ1) is 6.20. The third kappa shape index (κ3) is 3.23. The molecule has 0 aliphatic carbocycles. The first-order valence-electron chi connectivity index (χ1n) is 3.67. The number of hydrogen-bond donors (Lipinski definition) is 0. The zero-order valence-corrected chi connectivity index (χ0v) is 10.5. The Balaban J connectivity index is 4.76. The van der Waals surface area contributed by atoms with Gasteiger partial charge in [-0.2, -0.15) is 0 Å². The van der Waals surface area contributed by atoms with Crippen LogP contribution in [0.2, 0.25) is 0 Å². The summed E-state index contributed by atoms with van der Waals surface area (Å²) >= 11 is 11.3. The zero-order valence-electron chi connectivity index (χ0n) is 7.97. The molecule has 0 heterocycles. The highest BCUT2D eigenvalue weighted by molar-refractivity contribution is 6.70. The quantitative estimate of drug-likeness (QED) is 0.527. The fourth-order valence-corrected chi connectivity index (χ4v) is 3.72. The van der Waals surface area contributed by atoms with E-state index in [9.17, 15) is 0 Å². The minimum atomic E-state index is -2.72. The first-order valence-corrected chi connectivity index (χ1v) is 6.47. The molecular formula is C7H14Cl2O3Si. The van der Waals surface area contributed by atoms with E-state index in [4.69, 9.17) is 36.5 Å². The highest BCUT2D eigenvalue weighted by Gasteiger charge is 2.42. The van der Waals surface area contributed by atoms with E-state index in [0.29, 0.717) is 11.8 Å². The molecule has 0 saturated carbocycles. The van der Waals surface area contributed by atoms with Crippen LogP contribution < -0.4 is 0 Å². The lowest BCUT2D eigenvalue weighted by atomic mass is 10.6. The van der Waals surface area contributed by atoms with E-state index in [1.54, 1.807) is 6.08 Å². The van der Waals surface area contributed by atoms with Crippen LogP contribution >= 0.6 is 23.2 Å². The summed E-state index contributed by atoms with van der Waals surface area (Å²) in [6.07, 6.45) is 1.76. The van der Waals surface area contributed by atoms with Crippen LogP contribution in [0.15, 0.2) is 11.3 Å². The van der Waals surface area contributed by atoms with Gasteiger partial charge in [0.05, 0.1) is 0 Å². The summed E-state index contributed by atoms with van der Waals surface area (Å²) in [5, 5.41) is 0.789. The van der Waals surface area contributed by atoms with Gasteiger partial charge in [0.1, 0.15) is 0 Å². The van der Waals surface area contributed by atoms with Gasteiger partial charge in [0, 0.05) is 38.3 Å². The van der Waals surface area contributed by atoms with Gasteiger partial charge in [0.25, 0.3) is 0 Å². The highest BCUT2D eigenvalue weighted by Crippen LogP contribution is 2.19. The number of alkyl halides is 2. The molecule has 0 atom stereocenters. The Morgan fingerprint density at radius 3 is 1.85 bits per heavy atom. The molecule has 6 heteroatoms. The standard InChI is InChI=1S/C7H14Cl2O3Si/c1-10-13(11-2,12-3)7(6-9)4-5-8/h4H,5-6H2,1-3H3/b7-4+. The van der Waals surface area contributed by atoms with E-state index < -0.39 is 8.80 Å². The minimum Gasteiger partial charge on any atom is -0.374 e. The summed E-state index contributed by atoms with van der Waals surface area (Å²) in [5.74, 6) is 0.668. The second-order valence-corrected chi connectivity index (χ2v) is 5.74. The van der Waals surface area contributed by atoms with E-state index in [2.05, 4.69) is 0 Å². The average molecular weight is 245 g/mol. The Hall–Kier alpha value is 0.417.